The van der Waals surface area contributed by atoms with Gasteiger partial charge in [0.25, 0.3) is 5.91 Å². The molecule has 0 bridgehead atoms. The minimum atomic E-state index is -0.623. The van der Waals surface area contributed by atoms with Crippen LogP contribution < -0.4 is 4.90 Å². The van der Waals surface area contributed by atoms with Gasteiger partial charge in [-0.1, -0.05) is 12.1 Å². The fourth-order valence-corrected chi connectivity index (χ4v) is 1.68. The lowest BCUT2D eigenvalue weighted by molar-refractivity contribution is -0.117. The average Bonchev–Trinajstić information content (AvgIpc) is 2.48. The molecule has 4 nitrogen and oxygen atoms in total. The van der Waals surface area contributed by atoms with E-state index < -0.39 is 6.09 Å². The fourth-order valence-electron chi connectivity index (χ4n) is 1.22. The topological polar surface area (TPSA) is 46.6 Å². The Labute approximate surface area is 88.6 Å². The van der Waals surface area contributed by atoms with Gasteiger partial charge in [-0.15, -0.1) is 0 Å². The van der Waals surface area contributed by atoms with Crippen LogP contribution >= 0.6 is 15.9 Å². The molecule has 72 valence electrons. The van der Waals surface area contributed by atoms with E-state index in [4.69, 9.17) is 0 Å². The second kappa shape index (κ2) is 3.42. The van der Waals surface area contributed by atoms with Crippen molar-refractivity contribution in [3.8, 4) is 0 Å². The molecule has 1 aromatic rings. The van der Waals surface area contributed by atoms with E-state index in [2.05, 4.69) is 20.7 Å². The van der Waals surface area contributed by atoms with Crippen molar-refractivity contribution in [2.45, 2.75) is 0 Å². The highest BCUT2D eigenvalue weighted by molar-refractivity contribution is 9.10. The summed E-state index contributed by atoms with van der Waals surface area (Å²) in [6.07, 6.45) is -0.623. The van der Waals surface area contributed by atoms with Gasteiger partial charge in [0.2, 0.25) is 0 Å². The third-order valence-electron chi connectivity index (χ3n) is 1.84. The number of carbonyl (C=O) groups is 2. The molecule has 5 heteroatoms. The molecule has 0 N–H and O–H groups in total. The Morgan fingerprint density at radius 3 is 2.57 bits per heavy atom. The van der Waals surface area contributed by atoms with E-state index in [9.17, 15) is 9.59 Å². The number of rotatable bonds is 1. The number of benzene rings is 1. The van der Waals surface area contributed by atoms with Gasteiger partial charge in [0.05, 0.1) is 5.69 Å². The van der Waals surface area contributed by atoms with Crippen molar-refractivity contribution in [3.05, 3.63) is 28.7 Å². The average molecular weight is 256 g/mol. The smallest absolute Gasteiger partial charge is 0.421 e. The summed E-state index contributed by atoms with van der Waals surface area (Å²) in [5.41, 5.74) is 0.514. The quantitative estimate of drug-likeness (QED) is 0.771. The molecular weight excluding hydrogens is 250 g/mol. The lowest BCUT2D eigenvalue weighted by Crippen LogP contribution is -2.28. The number of hydrogen-bond donors (Lipinski definition) is 0. The van der Waals surface area contributed by atoms with Crippen molar-refractivity contribution in [1.82, 2.24) is 0 Å². The molecule has 1 heterocycles. The molecule has 0 aromatic heterocycles. The third-order valence-corrected chi connectivity index (χ3v) is 2.52. The first kappa shape index (κ1) is 9.21. The maximum absolute atomic E-state index is 11.3. The van der Waals surface area contributed by atoms with E-state index in [0.717, 1.165) is 4.90 Å². The predicted molar refractivity (Wildman–Crippen MR) is 53.0 cm³/mol. The number of nitrogens with zero attached hydrogens (tertiary/aromatic N) is 1. The number of ether oxygens (including phenoxy) is 1. The number of para-hydroxylation sites is 1. The van der Waals surface area contributed by atoms with Gasteiger partial charge >= 0.3 is 6.09 Å². The van der Waals surface area contributed by atoms with Crippen LogP contribution in [0.25, 0.3) is 0 Å². The lowest BCUT2D eigenvalue weighted by atomic mass is 10.3. The Bertz CT molecular complexity index is 389. The maximum atomic E-state index is 11.3. The van der Waals surface area contributed by atoms with Crippen molar-refractivity contribution in [3.63, 3.8) is 0 Å². The molecule has 0 atom stereocenters. The van der Waals surface area contributed by atoms with Crippen molar-refractivity contribution >= 4 is 33.6 Å². The van der Waals surface area contributed by atoms with E-state index in [-0.39, 0.29) is 12.5 Å². The molecule has 0 aliphatic carbocycles. The highest BCUT2D eigenvalue weighted by Crippen LogP contribution is 2.28. The summed E-state index contributed by atoms with van der Waals surface area (Å²) in [5.74, 6) is -0.345. The van der Waals surface area contributed by atoms with Crippen molar-refractivity contribution in [1.29, 1.82) is 0 Å². The summed E-state index contributed by atoms with van der Waals surface area (Å²) in [5, 5.41) is 0. The second-order valence-corrected chi connectivity index (χ2v) is 3.59. The largest absolute Gasteiger partial charge is 0.439 e. The molecule has 1 aliphatic rings. The van der Waals surface area contributed by atoms with Crippen LogP contribution in [-0.4, -0.2) is 18.6 Å². The Kier molecular flexibility index (Phi) is 2.25. The number of halogens is 1. The Morgan fingerprint density at radius 2 is 2.00 bits per heavy atom. The van der Waals surface area contributed by atoms with E-state index in [0.29, 0.717) is 10.2 Å². The Balaban J connectivity index is 2.44. The predicted octanol–water partition coefficient (Wildman–Crippen LogP) is 1.93. The zero-order chi connectivity index (χ0) is 10.1. The standard InChI is InChI=1S/C9H6BrNO3/c10-6-3-1-2-4-7(6)11-8(12)5-14-9(11)13/h1-4H,5H2. The number of imide groups is 1. The van der Waals surface area contributed by atoms with Gasteiger partial charge in [-0.05, 0) is 28.1 Å². The van der Waals surface area contributed by atoms with E-state index in [1.807, 2.05) is 0 Å². The van der Waals surface area contributed by atoms with Crippen molar-refractivity contribution < 1.29 is 14.3 Å². The number of carbonyl (C=O) groups excluding carboxylic acids is 2. The van der Waals surface area contributed by atoms with Crippen LogP contribution in [0.15, 0.2) is 28.7 Å². The molecule has 2 rings (SSSR count). The maximum Gasteiger partial charge on any atom is 0.421 e. The molecule has 1 aromatic carbocycles. The summed E-state index contributed by atoms with van der Waals surface area (Å²) in [6, 6.07) is 6.99. The zero-order valence-electron chi connectivity index (χ0n) is 7.07. The van der Waals surface area contributed by atoms with Gasteiger partial charge < -0.3 is 4.74 Å². The molecule has 14 heavy (non-hydrogen) atoms. The normalized spacial score (nSPS) is 15.9. The summed E-state index contributed by atoms with van der Waals surface area (Å²) in [7, 11) is 0. The van der Waals surface area contributed by atoms with Crippen molar-refractivity contribution in [2.24, 2.45) is 0 Å². The van der Waals surface area contributed by atoms with E-state index in [1.165, 1.54) is 0 Å². The first-order chi connectivity index (χ1) is 6.70. The molecule has 2 amide bonds. The summed E-state index contributed by atoms with van der Waals surface area (Å²) >= 11 is 3.26. The SMILES string of the molecule is O=C1COC(=O)N1c1ccccc1Br. The summed E-state index contributed by atoms with van der Waals surface area (Å²) < 4.78 is 5.29. The van der Waals surface area contributed by atoms with Crippen LogP contribution in [-0.2, 0) is 9.53 Å². The van der Waals surface area contributed by atoms with E-state index in [1.54, 1.807) is 24.3 Å². The van der Waals surface area contributed by atoms with Gasteiger partial charge in [-0.3, -0.25) is 4.79 Å². The Hall–Kier alpha value is -1.36. The van der Waals surface area contributed by atoms with Crippen LogP contribution in [0.4, 0.5) is 10.5 Å². The van der Waals surface area contributed by atoms with Crippen LogP contribution in [0.5, 0.6) is 0 Å². The van der Waals surface area contributed by atoms with Crippen molar-refractivity contribution in [2.75, 3.05) is 11.5 Å². The third kappa shape index (κ3) is 1.39. The molecule has 1 aliphatic heterocycles. The van der Waals surface area contributed by atoms with Gasteiger partial charge in [0, 0.05) is 4.47 Å². The summed E-state index contributed by atoms with van der Waals surface area (Å²) in [4.78, 5) is 23.5. The Morgan fingerprint density at radius 1 is 1.29 bits per heavy atom. The van der Waals surface area contributed by atoms with E-state index >= 15 is 0 Å². The molecular formula is C9H6BrNO3. The molecule has 0 spiro atoms. The highest BCUT2D eigenvalue weighted by Gasteiger charge is 2.33. The minimum Gasteiger partial charge on any atom is -0.439 e. The molecule has 1 fully saturated rings. The minimum absolute atomic E-state index is 0.180. The second-order valence-electron chi connectivity index (χ2n) is 2.74. The highest BCUT2D eigenvalue weighted by atomic mass is 79.9. The van der Waals surface area contributed by atoms with Gasteiger partial charge in [0.1, 0.15) is 0 Å². The molecule has 1 saturated heterocycles. The molecule has 0 radical (unpaired) electrons. The number of hydrogen-bond acceptors (Lipinski definition) is 3. The van der Waals surface area contributed by atoms with Crippen LogP contribution in [0.3, 0.4) is 0 Å². The van der Waals surface area contributed by atoms with Gasteiger partial charge in [-0.2, -0.15) is 0 Å². The number of cyclic esters (lactones) is 1. The van der Waals surface area contributed by atoms with Crippen LogP contribution in [0.1, 0.15) is 0 Å². The zero-order valence-corrected chi connectivity index (χ0v) is 8.65. The van der Waals surface area contributed by atoms with Gasteiger partial charge in [0.15, 0.2) is 6.61 Å². The van der Waals surface area contributed by atoms with Crippen LogP contribution in [0.2, 0.25) is 0 Å². The number of amides is 2. The monoisotopic (exact) mass is 255 g/mol. The first-order valence-corrected chi connectivity index (χ1v) is 4.73. The summed E-state index contributed by atoms with van der Waals surface area (Å²) in [6.45, 7) is -0.180. The number of anilines is 1. The lowest BCUT2D eigenvalue weighted by Gasteiger charge is -2.11. The fraction of sp³-hybridized carbons (Fsp3) is 0.111. The molecule has 0 unspecified atom stereocenters. The van der Waals surface area contributed by atoms with Gasteiger partial charge in [-0.25, -0.2) is 9.69 Å². The van der Waals surface area contributed by atoms with Crippen LogP contribution in [0, 0.1) is 0 Å². The first-order valence-electron chi connectivity index (χ1n) is 3.94. The molecule has 0 saturated carbocycles.